The van der Waals surface area contributed by atoms with Gasteiger partial charge in [0, 0.05) is 0 Å². The summed E-state index contributed by atoms with van der Waals surface area (Å²) in [6.45, 7) is 26.8. The number of hydrogen-bond donors (Lipinski definition) is 0. The van der Waals surface area contributed by atoms with Gasteiger partial charge in [0.2, 0.25) is 0 Å². The van der Waals surface area contributed by atoms with Crippen LogP contribution in [-0.4, -0.2) is 49.0 Å². The maximum absolute atomic E-state index is 6.63. The Balaban J connectivity index is 5.22. The summed E-state index contributed by atoms with van der Waals surface area (Å²) in [7, 11) is -11.2. The molecule has 0 aromatic heterocycles. The van der Waals surface area contributed by atoms with Gasteiger partial charge in [0.15, 0.2) is 16.6 Å². The minimum Gasteiger partial charge on any atom is -0.436 e. The molecule has 162 valence electrons. The average Bonchev–Trinajstić information content (AvgIpc) is 2.30. The highest BCUT2D eigenvalue weighted by molar-refractivity contribution is 7.47. The second-order valence-corrected chi connectivity index (χ2v) is 37.7. The number of hydrogen-bond acceptors (Lipinski definition) is 4. The van der Waals surface area contributed by atoms with E-state index in [1.165, 1.54) is 0 Å². The first-order chi connectivity index (χ1) is 11.5. The Morgan fingerprint density at radius 3 is 1.33 bits per heavy atom. The summed E-state index contributed by atoms with van der Waals surface area (Å²) in [4.78, 5) is 0. The van der Waals surface area contributed by atoms with E-state index >= 15 is 0 Å². The van der Waals surface area contributed by atoms with Gasteiger partial charge in [-0.1, -0.05) is 12.6 Å². The van der Waals surface area contributed by atoms with Crippen molar-refractivity contribution in [1.82, 2.24) is 0 Å². The van der Waals surface area contributed by atoms with Crippen LogP contribution in [0.25, 0.3) is 0 Å². The molecule has 0 saturated heterocycles. The lowest BCUT2D eigenvalue weighted by molar-refractivity contribution is 0.299. The fourth-order valence-electron chi connectivity index (χ4n) is 3.25. The molecule has 0 aliphatic carbocycles. The van der Waals surface area contributed by atoms with Crippen molar-refractivity contribution >= 4 is 71.2 Å². The summed E-state index contributed by atoms with van der Waals surface area (Å²) in [5, 5.41) is 0.197. The standard InChI is InChI=1S/C15H40Cl2O4Si6/c1-14-22(3,4)18-24(7,8)20-26(11,12)21-25(9,10)19-23(5,6)15(2)27(13,16)17/h14-15H,1H2,2-13H3. The first kappa shape index (κ1) is 28.5. The normalized spacial score (nSPS) is 16.4. The molecule has 0 aromatic rings. The van der Waals surface area contributed by atoms with E-state index in [1.54, 1.807) is 0 Å². The Morgan fingerprint density at radius 2 is 1.00 bits per heavy atom. The molecular weight excluding hydrogens is 484 g/mol. The molecular formula is C15H40Cl2O4Si6. The van der Waals surface area contributed by atoms with E-state index in [-0.39, 0.29) is 5.16 Å². The molecule has 0 heterocycles. The Bertz CT molecular complexity index is 521. The average molecular weight is 524 g/mol. The van der Waals surface area contributed by atoms with Gasteiger partial charge in [-0.15, -0.1) is 28.7 Å². The van der Waals surface area contributed by atoms with E-state index in [9.17, 15) is 0 Å². The van der Waals surface area contributed by atoms with Crippen molar-refractivity contribution in [1.29, 1.82) is 0 Å². The van der Waals surface area contributed by atoms with Crippen molar-refractivity contribution in [3.8, 4) is 0 Å². The monoisotopic (exact) mass is 522 g/mol. The van der Waals surface area contributed by atoms with Gasteiger partial charge in [0.1, 0.15) is 0 Å². The van der Waals surface area contributed by atoms with Crippen LogP contribution in [-0.2, 0) is 16.5 Å². The molecule has 0 fully saturated rings. The lowest BCUT2D eigenvalue weighted by atomic mass is 10.9. The zero-order chi connectivity index (χ0) is 22.1. The Morgan fingerprint density at radius 1 is 0.667 bits per heavy atom. The topological polar surface area (TPSA) is 36.9 Å². The molecule has 0 amide bonds. The van der Waals surface area contributed by atoms with Crippen molar-refractivity contribution in [2.75, 3.05) is 0 Å². The minimum atomic E-state index is -2.44. The third kappa shape index (κ3) is 10.9. The fraction of sp³-hybridized carbons (Fsp3) is 0.867. The lowest BCUT2D eigenvalue weighted by Gasteiger charge is -2.44. The highest BCUT2D eigenvalue weighted by atomic mass is 35.7. The molecule has 1 atom stereocenters. The van der Waals surface area contributed by atoms with Gasteiger partial charge in [0.05, 0.1) is 0 Å². The molecule has 0 rings (SSSR count). The van der Waals surface area contributed by atoms with Gasteiger partial charge >= 0.3 is 25.7 Å². The maximum Gasteiger partial charge on any atom is 0.314 e. The van der Waals surface area contributed by atoms with E-state index in [4.69, 9.17) is 38.6 Å². The minimum absolute atomic E-state index is 0.197. The second-order valence-electron chi connectivity index (χ2n) is 9.70. The first-order valence-electron chi connectivity index (χ1n) is 9.36. The van der Waals surface area contributed by atoms with Gasteiger partial charge in [-0.25, -0.2) is 0 Å². The van der Waals surface area contributed by atoms with Gasteiger partial charge in [-0.2, -0.15) is 0 Å². The molecule has 1 unspecified atom stereocenters. The third-order valence-corrected chi connectivity index (χ3v) is 31.8. The second kappa shape index (κ2) is 9.30. The smallest absolute Gasteiger partial charge is 0.314 e. The van der Waals surface area contributed by atoms with Crippen LogP contribution in [0.1, 0.15) is 6.92 Å². The molecule has 0 aliphatic heterocycles. The predicted molar refractivity (Wildman–Crippen MR) is 135 cm³/mol. The molecule has 0 aromatic carbocycles. The van der Waals surface area contributed by atoms with Crippen molar-refractivity contribution in [2.24, 2.45) is 0 Å². The van der Waals surface area contributed by atoms with Crippen LogP contribution in [0.3, 0.4) is 0 Å². The molecule has 0 bridgehead atoms. The maximum atomic E-state index is 6.63. The van der Waals surface area contributed by atoms with Crippen LogP contribution in [0, 0.1) is 0 Å². The van der Waals surface area contributed by atoms with E-state index in [2.05, 4.69) is 79.0 Å². The zero-order valence-corrected chi connectivity index (χ0v) is 26.8. The van der Waals surface area contributed by atoms with E-state index < -0.39 is 49.0 Å². The summed E-state index contributed by atoms with van der Waals surface area (Å²) < 4.78 is 26.0. The van der Waals surface area contributed by atoms with Crippen molar-refractivity contribution in [3.63, 3.8) is 0 Å². The van der Waals surface area contributed by atoms with E-state index in [0.29, 0.717) is 0 Å². The van der Waals surface area contributed by atoms with Crippen LogP contribution in [0.5, 0.6) is 0 Å². The van der Waals surface area contributed by atoms with Crippen LogP contribution < -0.4 is 0 Å². The van der Waals surface area contributed by atoms with Gasteiger partial charge < -0.3 is 16.5 Å². The first-order valence-corrected chi connectivity index (χ1v) is 28.4. The molecule has 0 aliphatic rings. The predicted octanol–water partition coefficient (Wildman–Crippen LogP) is 6.77. The molecule has 0 spiro atoms. The van der Waals surface area contributed by atoms with Gasteiger partial charge in [0.25, 0.3) is 6.69 Å². The van der Waals surface area contributed by atoms with E-state index in [0.717, 1.165) is 0 Å². The highest BCUT2D eigenvalue weighted by Crippen LogP contribution is 2.39. The summed E-state index contributed by atoms with van der Waals surface area (Å²) in [6.07, 6.45) is 0. The van der Waals surface area contributed by atoms with Crippen LogP contribution in [0.2, 0.25) is 77.2 Å². The quantitative estimate of drug-likeness (QED) is 0.221. The zero-order valence-electron chi connectivity index (χ0n) is 19.3. The summed E-state index contributed by atoms with van der Waals surface area (Å²) >= 11 is 13.0. The molecule has 0 N–H and O–H groups in total. The van der Waals surface area contributed by atoms with E-state index in [1.807, 2.05) is 12.2 Å². The Hall–Kier alpha value is 1.46. The van der Waals surface area contributed by atoms with Gasteiger partial charge in [-0.05, 0) is 77.2 Å². The molecule has 4 nitrogen and oxygen atoms in total. The third-order valence-electron chi connectivity index (χ3n) is 4.30. The van der Waals surface area contributed by atoms with Crippen LogP contribution >= 0.6 is 22.2 Å². The summed E-state index contributed by atoms with van der Waals surface area (Å²) in [6, 6.07) is 0. The highest BCUT2D eigenvalue weighted by Gasteiger charge is 2.49. The SMILES string of the molecule is C=C[Si](C)(C)O[Si](C)(C)O[Si](C)(C)O[Si](C)(C)O[Si](C)(C)C(C)[Si](C)(Cl)Cl. The van der Waals surface area contributed by atoms with Crippen molar-refractivity contribution < 1.29 is 16.5 Å². The Kier molecular flexibility index (Phi) is 9.81. The number of rotatable bonds is 11. The largest absolute Gasteiger partial charge is 0.436 e. The number of halogens is 2. The molecule has 12 heteroatoms. The van der Waals surface area contributed by atoms with Crippen molar-refractivity contribution in [3.05, 3.63) is 12.3 Å². The summed E-state index contributed by atoms with van der Waals surface area (Å²) in [5.74, 6) is 0. The Labute approximate surface area is 183 Å². The van der Waals surface area contributed by atoms with Crippen LogP contribution in [0.15, 0.2) is 12.3 Å². The van der Waals surface area contributed by atoms with Gasteiger partial charge in [-0.3, -0.25) is 0 Å². The lowest BCUT2D eigenvalue weighted by Crippen LogP contribution is -2.59. The van der Waals surface area contributed by atoms with Crippen LogP contribution in [0.4, 0.5) is 0 Å². The molecule has 27 heavy (non-hydrogen) atoms. The van der Waals surface area contributed by atoms with Crippen molar-refractivity contribution in [2.45, 2.75) is 84.1 Å². The molecule has 0 radical (unpaired) electrons. The fourth-order valence-corrected chi connectivity index (χ4v) is 35.7. The molecule has 0 saturated carbocycles. The summed E-state index contributed by atoms with van der Waals surface area (Å²) in [5.41, 5.74) is 1.94.